The van der Waals surface area contributed by atoms with Gasteiger partial charge in [0.25, 0.3) is 0 Å². The third-order valence-corrected chi connectivity index (χ3v) is 4.16. The smallest absolute Gasteiger partial charge is 0.213 e. The van der Waals surface area contributed by atoms with Crippen LogP contribution in [0.4, 0.5) is 5.69 Å². The molecule has 0 aliphatic rings. The lowest BCUT2D eigenvalue weighted by Crippen LogP contribution is -2.32. The van der Waals surface area contributed by atoms with E-state index in [1.165, 1.54) is 0 Å². The molecular formula is C23H28N4O3. The van der Waals surface area contributed by atoms with Gasteiger partial charge in [0.15, 0.2) is 5.96 Å². The summed E-state index contributed by atoms with van der Waals surface area (Å²) in [7, 11) is 1.60. The second-order valence-electron chi connectivity index (χ2n) is 6.94. The molecule has 0 saturated carbocycles. The number of ether oxygens (including phenoxy) is 2. The Kier molecular flexibility index (Phi) is 7.71. The highest BCUT2D eigenvalue weighted by Gasteiger charge is 2.04. The van der Waals surface area contributed by atoms with Crippen molar-refractivity contribution in [3.63, 3.8) is 0 Å². The zero-order valence-corrected chi connectivity index (χ0v) is 17.6. The summed E-state index contributed by atoms with van der Waals surface area (Å²) < 4.78 is 16.3. The van der Waals surface area contributed by atoms with Gasteiger partial charge in [-0.3, -0.25) is 0 Å². The minimum Gasteiger partial charge on any atom is -0.491 e. The van der Waals surface area contributed by atoms with Gasteiger partial charge in [-0.15, -0.1) is 0 Å². The molecule has 3 rings (SSSR count). The zero-order chi connectivity index (χ0) is 21.2. The number of rotatable bonds is 9. The van der Waals surface area contributed by atoms with Crippen molar-refractivity contribution >= 4 is 11.6 Å². The highest BCUT2D eigenvalue weighted by atomic mass is 16.5. The normalized spacial score (nSPS) is 11.4. The average molecular weight is 409 g/mol. The lowest BCUT2D eigenvalue weighted by molar-refractivity contribution is 0.242. The Bertz CT molecular complexity index is 922. The van der Waals surface area contributed by atoms with Crippen LogP contribution in [0.15, 0.2) is 70.4 Å². The van der Waals surface area contributed by atoms with E-state index < -0.39 is 0 Å². The largest absolute Gasteiger partial charge is 0.491 e. The molecule has 0 radical (unpaired) electrons. The van der Waals surface area contributed by atoms with Gasteiger partial charge >= 0.3 is 0 Å². The molecule has 7 heteroatoms. The Morgan fingerprint density at radius 2 is 2.00 bits per heavy atom. The molecule has 0 aliphatic heterocycles. The summed E-state index contributed by atoms with van der Waals surface area (Å²) in [6.07, 6.45) is 4.30. The van der Waals surface area contributed by atoms with Gasteiger partial charge in [0.1, 0.15) is 11.5 Å². The Morgan fingerprint density at radius 1 is 1.17 bits per heavy atom. The number of furan rings is 1. The Hall–Kier alpha value is -3.48. The van der Waals surface area contributed by atoms with Gasteiger partial charge in [-0.1, -0.05) is 0 Å². The van der Waals surface area contributed by atoms with Gasteiger partial charge in [-0.2, -0.15) is 0 Å². The summed E-state index contributed by atoms with van der Waals surface area (Å²) >= 11 is 0. The molecule has 0 bridgehead atoms. The van der Waals surface area contributed by atoms with Crippen LogP contribution in [0.3, 0.4) is 0 Å². The van der Waals surface area contributed by atoms with Crippen LogP contribution in [-0.4, -0.2) is 30.7 Å². The van der Waals surface area contributed by atoms with Crippen molar-refractivity contribution in [2.75, 3.05) is 19.0 Å². The van der Waals surface area contributed by atoms with Gasteiger partial charge in [-0.05, 0) is 61.9 Å². The van der Waals surface area contributed by atoms with E-state index in [2.05, 4.69) is 15.6 Å². The molecule has 2 N–H and O–H groups in total. The number of pyridine rings is 1. The monoisotopic (exact) mass is 408 g/mol. The summed E-state index contributed by atoms with van der Waals surface area (Å²) in [6, 6.07) is 15.5. The zero-order valence-electron chi connectivity index (χ0n) is 17.6. The van der Waals surface area contributed by atoms with Crippen LogP contribution in [0.25, 0.3) is 0 Å². The van der Waals surface area contributed by atoms with E-state index >= 15 is 0 Å². The van der Waals surface area contributed by atoms with E-state index in [-0.39, 0.29) is 6.10 Å². The highest BCUT2D eigenvalue weighted by molar-refractivity contribution is 5.93. The molecule has 0 spiro atoms. The number of nitrogens with one attached hydrogen (secondary N) is 2. The molecule has 0 unspecified atom stereocenters. The molecule has 0 saturated heterocycles. The van der Waals surface area contributed by atoms with E-state index in [0.29, 0.717) is 24.9 Å². The number of aromatic nitrogens is 1. The van der Waals surface area contributed by atoms with Crippen LogP contribution >= 0.6 is 0 Å². The quantitative estimate of drug-likeness (QED) is 0.406. The number of methoxy groups -OCH3 is 1. The van der Waals surface area contributed by atoms with Crippen LogP contribution in [0.5, 0.6) is 11.6 Å². The summed E-state index contributed by atoms with van der Waals surface area (Å²) in [5, 5.41) is 6.70. The second-order valence-corrected chi connectivity index (χ2v) is 6.94. The van der Waals surface area contributed by atoms with Crippen molar-refractivity contribution in [2.24, 2.45) is 4.99 Å². The summed E-state index contributed by atoms with van der Waals surface area (Å²) in [4.78, 5) is 8.84. The molecule has 3 aromatic rings. The Labute approximate surface area is 177 Å². The molecule has 1 aromatic carbocycles. The highest BCUT2D eigenvalue weighted by Crippen LogP contribution is 2.17. The van der Waals surface area contributed by atoms with Gasteiger partial charge < -0.3 is 24.5 Å². The molecule has 0 atom stereocenters. The first-order valence-electron chi connectivity index (χ1n) is 9.96. The second kappa shape index (κ2) is 10.9. The number of benzene rings is 1. The van der Waals surface area contributed by atoms with Gasteiger partial charge in [0.2, 0.25) is 5.88 Å². The van der Waals surface area contributed by atoms with Crippen molar-refractivity contribution in [1.82, 2.24) is 10.3 Å². The van der Waals surface area contributed by atoms with E-state index in [4.69, 9.17) is 18.9 Å². The first kappa shape index (κ1) is 21.2. The average Bonchev–Trinajstić information content (AvgIpc) is 3.26. The third kappa shape index (κ3) is 6.84. The van der Waals surface area contributed by atoms with Crippen molar-refractivity contribution in [2.45, 2.75) is 32.9 Å². The predicted molar refractivity (Wildman–Crippen MR) is 118 cm³/mol. The van der Waals surface area contributed by atoms with Crippen LogP contribution in [0, 0.1) is 0 Å². The minimum absolute atomic E-state index is 0.140. The number of anilines is 1. The maximum absolute atomic E-state index is 5.71. The lowest BCUT2D eigenvalue weighted by atomic mass is 10.2. The fraction of sp³-hybridized carbons (Fsp3) is 0.304. The van der Waals surface area contributed by atoms with E-state index in [9.17, 15) is 0 Å². The number of guanidine groups is 1. The van der Waals surface area contributed by atoms with E-state index in [1.54, 1.807) is 19.6 Å². The maximum Gasteiger partial charge on any atom is 0.213 e. The number of hydrogen-bond acceptors (Lipinski definition) is 5. The van der Waals surface area contributed by atoms with Gasteiger partial charge in [-0.25, -0.2) is 9.98 Å². The molecule has 0 fully saturated rings. The molecular weight excluding hydrogens is 380 g/mol. The Morgan fingerprint density at radius 3 is 2.70 bits per heavy atom. The molecule has 30 heavy (non-hydrogen) atoms. The van der Waals surface area contributed by atoms with Crippen molar-refractivity contribution < 1.29 is 13.9 Å². The van der Waals surface area contributed by atoms with Crippen LogP contribution in [-0.2, 0) is 13.0 Å². The Balaban J connectivity index is 1.67. The van der Waals surface area contributed by atoms with Crippen LogP contribution in [0.2, 0.25) is 0 Å². The van der Waals surface area contributed by atoms with Crippen molar-refractivity contribution in [3.8, 4) is 11.6 Å². The summed E-state index contributed by atoms with van der Waals surface area (Å²) in [5.74, 6) is 3.01. The summed E-state index contributed by atoms with van der Waals surface area (Å²) in [5.41, 5.74) is 1.93. The molecule has 0 aliphatic carbocycles. The van der Waals surface area contributed by atoms with Gasteiger partial charge in [0.05, 0.1) is 26.0 Å². The van der Waals surface area contributed by atoms with Crippen molar-refractivity contribution in [1.29, 1.82) is 0 Å². The van der Waals surface area contributed by atoms with E-state index in [1.807, 2.05) is 62.4 Å². The molecule has 2 heterocycles. The van der Waals surface area contributed by atoms with Crippen LogP contribution < -0.4 is 20.1 Å². The van der Waals surface area contributed by atoms with Gasteiger partial charge in [0, 0.05) is 30.9 Å². The fourth-order valence-corrected chi connectivity index (χ4v) is 2.76. The van der Waals surface area contributed by atoms with E-state index in [0.717, 1.165) is 29.2 Å². The number of hydrogen-bond donors (Lipinski definition) is 2. The molecule has 2 aromatic heterocycles. The van der Waals surface area contributed by atoms with Crippen LogP contribution in [0.1, 0.15) is 25.2 Å². The molecule has 0 amide bonds. The number of aliphatic imine (C=N–C) groups is 1. The topological polar surface area (TPSA) is 80.9 Å². The number of nitrogens with zero attached hydrogens (tertiary/aromatic N) is 2. The molecule has 158 valence electrons. The maximum atomic E-state index is 5.71. The first-order chi connectivity index (χ1) is 14.6. The predicted octanol–water partition coefficient (Wildman–Crippen LogP) is 4.27. The SMILES string of the molecule is COc1cc(CN=C(NCCc2ccco2)Nc2ccc(OC(C)C)cc2)ccn1. The summed E-state index contributed by atoms with van der Waals surface area (Å²) in [6.45, 7) is 5.19. The van der Waals surface area contributed by atoms with Crippen molar-refractivity contribution in [3.05, 3.63) is 72.3 Å². The minimum atomic E-state index is 0.140. The first-order valence-corrected chi connectivity index (χ1v) is 9.96. The lowest BCUT2D eigenvalue weighted by Gasteiger charge is -2.14. The third-order valence-electron chi connectivity index (χ3n) is 4.16. The molecule has 7 nitrogen and oxygen atoms in total. The fourth-order valence-electron chi connectivity index (χ4n) is 2.76. The standard InChI is InChI=1S/C23H28N4O3/c1-17(2)30-21-8-6-19(7-9-21)27-23(25-13-11-20-5-4-14-29-20)26-16-18-10-12-24-22(15-18)28-3/h4-10,12,14-15,17H,11,13,16H2,1-3H3,(H2,25,26,27).